The highest BCUT2D eigenvalue weighted by molar-refractivity contribution is 5.82. The third kappa shape index (κ3) is 2.75. The van der Waals surface area contributed by atoms with Crippen molar-refractivity contribution in [3.63, 3.8) is 0 Å². The molecule has 4 heteroatoms. The Bertz CT molecular complexity index is 789. The first-order valence-electron chi connectivity index (χ1n) is 6.48. The number of hydrogen-bond donors (Lipinski definition) is 0. The lowest BCUT2D eigenvalue weighted by Gasteiger charge is -2.08. The molecule has 0 spiro atoms. The van der Waals surface area contributed by atoms with Gasteiger partial charge in [0.25, 0.3) is 0 Å². The van der Waals surface area contributed by atoms with Gasteiger partial charge in [0, 0.05) is 10.9 Å². The number of alkyl halides is 3. The Morgan fingerprint density at radius 2 is 1.52 bits per heavy atom. The summed E-state index contributed by atoms with van der Waals surface area (Å²) in [5, 5.41) is 0.693. The molecule has 106 valence electrons. The van der Waals surface area contributed by atoms with Crippen LogP contribution < -0.4 is 0 Å². The minimum Gasteiger partial charge on any atom is -0.248 e. The van der Waals surface area contributed by atoms with Crippen LogP contribution in [0, 0.1) is 6.92 Å². The second-order valence-electron chi connectivity index (χ2n) is 4.97. The fraction of sp³-hybridized carbons (Fsp3) is 0.118. The minimum absolute atomic E-state index is 0.350. The van der Waals surface area contributed by atoms with Gasteiger partial charge in [-0.3, -0.25) is 0 Å². The maximum absolute atomic E-state index is 12.8. The first-order valence-corrected chi connectivity index (χ1v) is 6.48. The van der Waals surface area contributed by atoms with Crippen LogP contribution >= 0.6 is 0 Å². The molecule has 0 aliphatic carbocycles. The Balaban J connectivity index is 2.12. The summed E-state index contributed by atoms with van der Waals surface area (Å²) in [7, 11) is 0. The zero-order valence-corrected chi connectivity index (χ0v) is 11.3. The lowest BCUT2D eigenvalue weighted by Crippen LogP contribution is -2.04. The number of benzene rings is 2. The third-order valence-electron chi connectivity index (χ3n) is 3.37. The molecule has 3 aromatic rings. The average Bonchev–Trinajstić information content (AvgIpc) is 2.46. The lowest BCUT2D eigenvalue weighted by molar-refractivity contribution is -0.137. The van der Waals surface area contributed by atoms with E-state index < -0.39 is 11.7 Å². The van der Waals surface area contributed by atoms with Crippen molar-refractivity contribution in [2.75, 3.05) is 0 Å². The van der Waals surface area contributed by atoms with Crippen molar-refractivity contribution in [3.05, 3.63) is 65.7 Å². The van der Waals surface area contributed by atoms with Crippen LogP contribution in [0.1, 0.15) is 11.1 Å². The summed E-state index contributed by atoms with van der Waals surface area (Å²) < 4.78 is 38.3. The molecule has 0 aliphatic rings. The normalized spacial score (nSPS) is 11.8. The number of rotatable bonds is 1. The third-order valence-corrected chi connectivity index (χ3v) is 3.37. The zero-order valence-electron chi connectivity index (χ0n) is 11.3. The second-order valence-corrected chi connectivity index (χ2v) is 4.97. The van der Waals surface area contributed by atoms with Gasteiger partial charge in [-0.15, -0.1) is 0 Å². The monoisotopic (exact) mass is 287 g/mol. The van der Waals surface area contributed by atoms with Crippen molar-refractivity contribution in [2.24, 2.45) is 0 Å². The molecular formula is C17H12F3N. The van der Waals surface area contributed by atoms with Gasteiger partial charge in [0.15, 0.2) is 0 Å². The van der Waals surface area contributed by atoms with Gasteiger partial charge in [-0.25, -0.2) is 4.98 Å². The topological polar surface area (TPSA) is 12.9 Å². The first-order chi connectivity index (χ1) is 9.93. The molecule has 0 radical (unpaired) electrons. The molecule has 0 N–H and O–H groups in total. The van der Waals surface area contributed by atoms with Gasteiger partial charge < -0.3 is 0 Å². The number of fused-ring (bicyclic) bond motifs is 1. The van der Waals surface area contributed by atoms with Gasteiger partial charge in [-0.1, -0.05) is 42.0 Å². The van der Waals surface area contributed by atoms with Gasteiger partial charge in [0.1, 0.15) is 0 Å². The molecule has 21 heavy (non-hydrogen) atoms. The summed E-state index contributed by atoms with van der Waals surface area (Å²) in [6, 6.07) is 15.0. The molecule has 1 nitrogen and oxygen atoms in total. The molecule has 0 atom stereocenters. The SMILES string of the molecule is Cc1ccc(-c2ccc3ccc(C(F)(F)F)cc3n2)cc1. The molecular weight excluding hydrogens is 275 g/mol. The van der Waals surface area contributed by atoms with E-state index in [1.165, 1.54) is 6.07 Å². The Labute approximate surface area is 120 Å². The van der Waals surface area contributed by atoms with Gasteiger partial charge in [-0.2, -0.15) is 13.2 Å². The quantitative estimate of drug-likeness (QED) is 0.597. The molecule has 0 fully saturated rings. The predicted octanol–water partition coefficient (Wildman–Crippen LogP) is 5.23. The molecule has 0 amide bonds. The second kappa shape index (κ2) is 4.88. The highest BCUT2D eigenvalue weighted by Gasteiger charge is 2.30. The molecule has 0 unspecified atom stereocenters. The van der Waals surface area contributed by atoms with Crippen molar-refractivity contribution in [3.8, 4) is 11.3 Å². The van der Waals surface area contributed by atoms with Crippen LogP contribution in [-0.4, -0.2) is 4.98 Å². The fourth-order valence-corrected chi connectivity index (χ4v) is 2.18. The van der Waals surface area contributed by atoms with Crippen LogP contribution in [0.25, 0.3) is 22.2 Å². The van der Waals surface area contributed by atoms with E-state index in [-0.39, 0.29) is 0 Å². The highest BCUT2D eigenvalue weighted by Crippen LogP contribution is 2.31. The maximum Gasteiger partial charge on any atom is 0.416 e. The molecule has 0 saturated carbocycles. The van der Waals surface area contributed by atoms with Crippen molar-refractivity contribution >= 4 is 10.9 Å². The number of aryl methyl sites for hydroxylation is 1. The van der Waals surface area contributed by atoms with E-state index in [0.29, 0.717) is 16.6 Å². The number of nitrogens with zero attached hydrogens (tertiary/aromatic N) is 1. The van der Waals surface area contributed by atoms with Crippen LogP contribution in [0.2, 0.25) is 0 Å². The minimum atomic E-state index is -4.35. The summed E-state index contributed by atoms with van der Waals surface area (Å²) >= 11 is 0. The zero-order chi connectivity index (χ0) is 15.0. The molecule has 3 rings (SSSR count). The number of aromatic nitrogens is 1. The van der Waals surface area contributed by atoms with Gasteiger partial charge in [0.2, 0.25) is 0 Å². The van der Waals surface area contributed by atoms with Gasteiger partial charge in [0.05, 0.1) is 16.8 Å². The number of pyridine rings is 1. The van der Waals surface area contributed by atoms with Crippen molar-refractivity contribution < 1.29 is 13.2 Å². The summed E-state index contributed by atoms with van der Waals surface area (Å²) in [6.45, 7) is 1.98. The van der Waals surface area contributed by atoms with Crippen LogP contribution in [0.4, 0.5) is 13.2 Å². The highest BCUT2D eigenvalue weighted by atomic mass is 19.4. The van der Waals surface area contributed by atoms with E-state index in [1.807, 2.05) is 37.3 Å². The van der Waals surface area contributed by atoms with Gasteiger partial charge >= 0.3 is 6.18 Å². The number of hydrogen-bond acceptors (Lipinski definition) is 1. The summed E-state index contributed by atoms with van der Waals surface area (Å²) in [5.41, 5.74) is 2.35. The van der Waals surface area contributed by atoms with E-state index in [1.54, 1.807) is 6.07 Å². The average molecular weight is 287 g/mol. The van der Waals surface area contributed by atoms with Crippen LogP contribution in [-0.2, 0) is 6.18 Å². The van der Waals surface area contributed by atoms with Crippen molar-refractivity contribution in [1.29, 1.82) is 0 Å². The van der Waals surface area contributed by atoms with E-state index in [4.69, 9.17) is 0 Å². The lowest BCUT2D eigenvalue weighted by atomic mass is 10.1. The maximum atomic E-state index is 12.8. The Hall–Kier alpha value is -2.36. The molecule has 1 heterocycles. The van der Waals surface area contributed by atoms with Gasteiger partial charge in [-0.05, 0) is 25.1 Å². The van der Waals surface area contributed by atoms with Crippen molar-refractivity contribution in [2.45, 2.75) is 13.1 Å². The summed E-state index contributed by atoms with van der Waals surface area (Å²) in [4.78, 5) is 4.35. The number of halogens is 3. The Morgan fingerprint density at radius 3 is 2.19 bits per heavy atom. The standard InChI is InChI=1S/C17H12F3N/c1-11-2-4-12(5-3-11)15-9-7-13-6-8-14(17(18,19)20)10-16(13)21-15/h2-10H,1H3. The van der Waals surface area contributed by atoms with Crippen LogP contribution in [0.15, 0.2) is 54.6 Å². The molecule has 0 aliphatic heterocycles. The predicted molar refractivity (Wildman–Crippen MR) is 76.9 cm³/mol. The fourth-order valence-electron chi connectivity index (χ4n) is 2.18. The van der Waals surface area contributed by atoms with Crippen LogP contribution in [0.5, 0.6) is 0 Å². The smallest absolute Gasteiger partial charge is 0.248 e. The Kier molecular flexibility index (Phi) is 3.16. The van der Waals surface area contributed by atoms with E-state index in [0.717, 1.165) is 23.3 Å². The largest absolute Gasteiger partial charge is 0.416 e. The van der Waals surface area contributed by atoms with Crippen LogP contribution in [0.3, 0.4) is 0 Å². The van der Waals surface area contributed by atoms with E-state index in [2.05, 4.69) is 4.98 Å². The molecule has 2 aromatic carbocycles. The van der Waals surface area contributed by atoms with E-state index >= 15 is 0 Å². The summed E-state index contributed by atoms with van der Waals surface area (Å²) in [6.07, 6.45) is -4.35. The molecule has 0 saturated heterocycles. The molecule has 0 bridgehead atoms. The Morgan fingerprint density at radius 1 is 0.857 bits per heavy atom. The molecule has 1 aromatic heterocycles. The first kappa shape index (κ1) is 13.6. The summed E-state index contributed by atoms with van der Waals surface area (Å²) in [5.74, 6) is 0. The van der Waals surface area contributed by atoms with E-state index in [9.17, 15) is 13.2 Å². The van der Waals surface area contributed by atoms with Crippen molar-refractivity contribution in [1.82, 2.24) is 4.98 Å².